The van der Waals surface area contributed by atoms with E-state index in [1.807, 2.05) is 89.5 Å². The van der Waals surface area contributed by atoms with Crippen LogP contribution >= 0.6 is 0 Å². The van der Waals surface area contributed by atoms with Gasteiger partial charge in [-0.25, -0.2) is 9.59 Å². The van der Waals surface area contributed by atoms with Gasteiger partial charge < -0.3 is 34.5 Å². The summed E-state index contributed by atoms with van der Waals surface area (Å²) >= 11 is 0. The lowest BCUT2D eigenvalue weighted by atomic mass is 9.89. The molecule has 0 aliphatic carbocycles. The lowest BCUT2D eigenvalue weighted by Gasteiger charge is -2.44. The first-order valence-electron chi connectivity index (χ1n) is 18.0. The number of nitrogens with one attached hydrogen (secondary N) is 2. The number of ether oxygens (including phenoxy) is 3. The number of aromatic nitrogens is 2. The van der Waals surface area contributed by atoms with Crippen LogP contribution in [0, 0.1) is 5.92 Å². The number of aliphatic hydroxyl groups is 1. The third-order valence-electron chi connectivity index (χ3n) is 10.4. The molecule has 3 N–H and O–H groups in total. The predicted octanol–water partition coefficient (Wildman–Crippen LogP) is 7.03. The zero-order valence-electron chi connectivity index (χ0n) is 29.4. The molecule has 3 heterocycles. The summed E-state index contributed by atoms with van der Waals surface area (Å²) in [5.74, 6) is 0.0574. The molecular formula is C42H46N4O6. The van der Waals surface area contributed by atoms with E-state index in [1.165, 1.54) is 6.08 Å². The molecular weight excluding hydrogens is 656 g/mol. The Morgan fingerprint density at radius 2 is 1.67 bits per heavy atom. The number of H-pyrrole nitrogens is 1. The van der Waals surface area contributed by atoms with Gasteiger partial charge in [-0.1, -0.05) is 105 Å². The fourth-order valence-corrected chi connectivity index (χ4v) is 7.51. The Kier molecular flexibility index (Phi) is 11.0. The van der Waals surface area contributed by atoms with Gasteiger partial charge >= 0.3 is 11.8 Å². The van der Waals surface area contributed by atoms with Crippen molar-refractivity contribution in [2.24, 2.45) is 5.92 Å². The molecule has 1 aromatic heterocycles. The number of hydrogen-bond donors (Lipinski definition) is 3. The molecule has 270 valence electrons. The normalized spacial score (nSPS) is 21.2. The van der Waals surface area contributed by atoms with E-state index >= 15 is 0 Å². The van der Waals surface area contributed by atoms with Crippen LogP contribution in [0.2, 0.25) is 0 Å². The van der Waals surface area contributed by atoms with Crippen molar-refractivity contribution < 1.29 is 24.1 Å². The highest BCUT2D eigenvalue weighted by Crippen LogP contribution is 2.42. The number of rotatable bonds is 11. The van der Waals surface area contributed by atoms with Crippen molar-refractivity contribution in [3.63, 3.8) is 0 Å². The highest BCUT2D eigenvalue weighted by Gasteiger charge is 2.39. The summed E-state index contributed by atoms with van der Waals surface area (Å²) in [5, 5.41) is 12.5. The quantitative estimate of drug-likeness (QED) is 0.127. The van der Waals surface area contributed by atoms with Gasteiger partial charge in [0.2, 0.25) is 0 Å². The summed E-state index contributed by atoms with van der Waals surface area (Å²) in [6.07, 6.45) is 1.89. The lowest BCUT2D eigenvalue weighted by Crippen LogP contribution is -2.47. The molecule has 4 aromatic carbocycles. The minimum absolute atomic E-state index is 0.0126. The molecule has 2 fully saturated rings. The monoisotopic (exact) mass is 702 g/mol. The molecule has 1 amide bonds. The third kappa shape index (κ3) is 7.75. The average Bonchev–Trinajstić information content (AvgIpc) is 3.53. The highest BCUT2D eigenvalue weighted by atomic mass is 16.7. The molecule has 4 atom stereocenters. The van der Waals surface area contributed by atoms with Crippen LogP contribution in [0.4, 0.5) is 4.79 Å². The van der Waals surface area contributed by atoms with Crippen LogP contribution < -0.4 is 11.0 Å². The van der Waals surface area contributed by atoms with Gasteiger partial charge in [0.1, 0.15) is 6.61 Å². The first-order valence-corrected chi connectivity index (χ1v) is 18.0. The fraction of sp³-hybridized carbons (Fsp3) is 0.333. The van der Waals surface area contributed by atoms with Crippen molar-refractivity contribution >= 4 is 17.1 Å². The lowest BCUT2D eigenvalue weighted by molar-refractivity contribution is -0.276. The minimum Gasteiger partial charge on any atom is -0.445 e. The van der Waals surface area contributed by atoms with E-state index in [9.17, 15) is 14.7 Å². The van der Waals surface area contributed by atoms with E-state index in [2.05, 4.69) is 40.8 Å². The van der Waals surface area contributed by atoms with Crippen molar-refractivity contribution in [1.82, 2.24) is 19.8 Å². The van der Waals surface area contributed by atoms with Crippen molar-refractivity contribution in [1.29, 1.82) is 0 Å². The number of hydrogen-bond acceptors (Lipinski definition) is 7. The number of para-hydroxylation sites is 2. The van der Waals surface area contributed by atoms with Crippen LogP contribution in [0.3, 0.4) is 0 Å². The van der Waals surface area contributed by atoms with Crippen LogP contribution in [-0.2, 0) is 27.4 Å². The minimum atomic E-state index is -0.586. The number of fused-ring (bicyclic) bond motifs is 1. The van der Waals surface area contributed by atoms with Crippen LogP contribution in [-0.4, -0.2) is 58.0 Å². The summed E-state index contributed by atoms with van der Waals surface area (Å²) in [4.78, 5) is 30.4. The van der Waals surface area contributed by atoms with Gasteiger partial charge in [-0.3, -0.25) is 4.57 Å². The van der Waals surface area contributed by atoms with E-state index in [0.717, 1.165) is 76.9 Å². The molecule has 10 heteroatoms. The van der Waals surface area contributed by atoms with Gasteiger partial charge in [0, 0.05) is 43.7 Å². The largest absolute Gasteiger partial charge is 0.445 e. The second-order valence-corrected chi connectivity index (χ2v) is 13.7. The molecule has 0 spiro atoms. The number of likely N-dealkylation sites (tertiary alicyclic amines) is 1. The van der Waals surface area contributed by atoms with E-state index in [-0.39, 0.29) is 43.1 Å². The van der Waals surface area contributed by atoms with E-state index in [4.69, 9.17) is 14.2 Å². The van der Waals surface area contributed by atoms with Crippen molar-refractivity contribution in [3.8, 4) is 11.1 Å². The molecule has 0 radical (unpaired) electrons. The van der Waals surface area contributed by atoms with E-state index in [1.54, 1.807) is 0 Å². The summed E-state index contributed by atoms with van der Waals surface area (Å²) in [6, 6.07) is 32.2. The SMILES string of the molecule is C=CCOC(=O)NCc1ccccc1-c1ccc([C@@H]2O[C@H](CN3CCC(n4c(=O)[nH]c5ccccc54)CC3)[C@H](C)[C@H](c3ccc(CO)cc3)O2)cc1. The maximum Gasteiger partial charge on any atom is 0.407 e. The number of piperidine rings is 1. The maximum absolute atomic E-state index is 12.9. The first-order chi connectivity index (χ1) is 25.4. The molecule has 2 saturated heterocycles. The van der Waals surface area contributed by atoms with Crippen LogP contribution in [0.25, 0.3) is 22.2 Å². The number of nitrogens with zero attached hydrogens (tertiary/aromatic N) is 2. The Balaban J connectivity index is 1.08. The van der Waals surface area contributed by atoms with Crippen LogP contribution in [0.1, 0.15) is 60.5 Å². The summed E-state index contributed by atoms with van der Waals surface area (Å²) < 4.78 is 20.5. The van der Waals surface area contributed by atoms with Crippen molar-refractivity contribution in [2.45, 2.75) is 57.5 Å². The van der Waals surface area contributed by atoms with Crippen molar-refractivity contribution in [2.75, 3.05) is 26.2 Å². The van der Waals surface area contributed by atoms with Crippen LogP contribution in [0.15, 0.2) is 115 Å². The topological polar surface area (TPSA) is 118 Å². The van der Waals surface area contributed by atoms with Gasteiger partial charge in [0.25, 0.3) is 0 Å². The van der Waals surface area contributed by atoms with Gasteiger partial charge in [0.05, 0.1) is 29.8 Å². The Morgan fingerprint density at radius 1 is 0.962 bits per heavy atom. The molecule has 7 rings (SSSR count). The second kappa shape index (κ2) is 16.1. The number of benzene rings is 4. The third-order valence-corrected chi connectivity index (χ3v) is 10.4. The van der Waals surface area contributed by atoms with Gasteiger partial charge in [-0.05, 0) is 52.8 Å². The standard InChI is InChI=1S/C42H46N4O6/c1-3-24-50-42(49)43-25-33-8-4-5-9-35(33)30-16-18-32(19-17-30)40-51-38(28(2)39(52-40)31-14-12-29(27-47)13-15-31)26-45-22-20-34(21-23-45)46-37-11-7-6-10-36(37)44-41(46)48/h3-19,28,34,38-40,47H,1,20-27H2,2H3,(H,43,49)(H,44,48)/t28-,38+,39+,40+/m0/s1. The zero-order chi connectivity index (χ0) is 36.0. The van der Waals surface area contributed by atoms with E-state index in [0.29, 0.717) is 6.54 Å². The number of imidazole rings is 1. The number of alkyl carbamates (subject to hydrolysis) is 1. The number of aromatic amines is 1. The summed E-state index contributed by atoms with van der Waals surface area (Å²) in [7, 11) is 0. The maximum atomic E-state index is 12.9. The Labute approximate surface area is 303 Å². The Hall–Kier alpha value is -5.00. The molecule has 52 heavy (non-hydrogen) atoms. The average molecular weight is 703 g/mol. The van der Waals surface area contributed by atoms with Gasteiger partial charge in [0.15, 0.2) is 6.29 Å². The van der Waals surface area contributed by atoms with Gasteiger partial charge in [-0.2, -0.15) is 0 Å². The molecule has 10 nitrogen and oxygen atoms in total. The number of amides is 1. The fourth-order valence-electron chi connectivity index (χ4n) is 7.51. The second-order valence-electron chi connectivity index (χ2n) is 13.7. The first kappa shape index (κ1) is 35.4. The van der Waals surface area contributed by atoms with Gasteiger partial charge in [-0.15, -0.1) is 0 Å². The zero-order valence-corrected chi connectivity index (χ0v) is 29.4. The Morgan fingerprint density at radius 3 is 2.42 bits per heavy atom. The molecule has 2 aliphatic heterocycles. The van der Waals surface area contributed by atoms with Crippen molar-refractivity contribution in [3.05, 3.63) is 142 Å². The summed E-state index contributed by atoms with van der Waals surface area (Å²) in [5.41, 5.74) is 7.59. The molecule has 2 aliphatic rings. The molecule has 0 unspecified atom stereocenters. The number of carbonyl (C=O) groups is 1. The number of aliphatic hydroxyl groups excluding tert-OH is 1. The summed E-state index contributed by atoms with van der Waals surface area (Å²) in [6.45, 7) is 8.70. The molecule has 0 bridgehead atoms. The Bertz CT molecular complexity index is 2030. The smallest absolute Gasteiger partial charge is 0.407 e. The molecule has 5 aromatic rings. The van der Waals surface area contributed by atoms with Crippen LogP contribution in [0.5, 0.6) is 0 Å². The number of carbonyl (C=O) groups excluding carboxylic acids is 1. The van der Waals surface area contributed by atoms with E-state index < -0.39 is 12.4 Å². The highest BCUT2D eigenvalue weighted by molar-refractivity contribution is 5.75. The molecule has 0 saturated carbocycles. The predicted molar refractivity (Wildman–Crippen MR) is 201 cm³/mol.